The summed E-state index contributed by atoms with van der Waals surface area (Å²) in [5, 5.41) is 12.9. The molecule has 0 aromatic heterocycles. The van der Waals surface area contributed by atoms with Crippen molar-refractivity contribution in [2.45, 2.75) is 25.3 Å². The number of hydrogen-bond donors (Lipinski definition) is 3. The van der Waals surface area contributed by atoms with Crippen molar-refractivity contribution in [3.8, 4) is 0 Å². The normalized spacial score (nSPS) is 24.5. The maximum atomic E-state index is 11.2. The minimum absolute atomic E-state index is 0.00305. The first kappa shape index (κ1) is 11.5. The van der Waals surface area contributed by atoms with E-state index < -0.39 is 6.09 Å². The lowest BCUT2D eigenvalue weighted by atomic mass is 10.1. The molecule has 1 rings (SSSR count). The summed E-state index contributed by atoms with van der Waals surface area (Å²) in [4.78, 5) is 31.7. The topological polar surface area (TPSA) is 95.5 Å². The number of aldehydes is 1. The van der Waals surface area contributed by atoms with Gasteiger partial charge in [0.25, 0.3) is 0 Å². The number of amides is 2. The molecule has 2 atom stereocenters. The van der Waals surface area contributed by atoms with Crippen molar-refractivity contribution in [3.05, 3.63) is 0 Å². The number of carbonyl (C=O) groups is 3. The summed E-state index contributed by atoms with van der Waals surface area (Å²) in [6, 6.07) is 0.00305. The molecule has 1 aliphatic rings. The van der Waals surface area contributed by atoms with Crippen molar-refractivity contribution < 1.29 is 19.5 Å². The van der Waals surface area contributed by atoms with Gasteiger partial charge in [-0.2, -0.15) is 0 Å². The van der Waals surface area contributed by atoms with Crippen LogP contribution in [0.25, 0.3) is 0 Å². The highest BCUT2D eigenvalue weighted by Crippen LogP contribution is 2.23. The van der Waals surface area contributed by atoms with Crippen molar-refractivity contribution in [3.63, 3.8) is 0 Å². The second-order valence-electron chi connectivity index (χ2n) is 3.63. The molecule has 84 valence electrons. The van der Waals surface area contributed by atoms with Crippen LogP contribution >= 0.6 is 0 Å². The fourth-order valence-electron chi connectivity index (χ4n) is 1.71. The third-order valence-corrected chi connectivity index (χ3v) is 2.43. The van der Waals surface area contributed by atoms with Gasteiger partial charge in [-0.05, 0) is 19.3 Å². The predicted molar refractivity (Wildman–Crippen MR) is 51.4 cm³/mol. The van der Waals surface area contributed by atoms with Gasteiger partial charge in [-0.1, -0.05) is 0 Å². The van der Waals surface area contributed by atoms with Gasteiger partial charge in [0.2, 0.25) is 5.91 Å². The van der Waals surface area contributed by atoms with Gasteiger partial charge in [-0.15, -0.1) is 0 Å². The lowest BCUT2D eigenvalue weighted by Crippen LogP contribution is -2.40. The molecule has 0 bridgehead atoms. The van der Waals surface area contributed by atoms with E-state index in [0.29, 0.717) is 6.42 Å². The standard InChI is InChI=1S/C9H14N2O4/c12-5-6-1-2-7(3-6)11-8(13)4-10-9(14)15/h5-7,10H,1-4H2,(H,11,13)(H,14,15). The van der Waals surface area contributed by atoms with Gasteiger partial charge < -0.3 is 20.5 Å². The summed E-state index contributed by atoms with van der Waals surface area (Å²) in [5.74, 6) is -0.323. The quantitative estimate of drug-likeness (QED) is 0.562. The summed E-state index contributed by atoms with van der Waals surface area (Å²) >= 11 is 0. The summed E-state index contributed by atoms with van der Waals surface area (Å²) in [5.41, 5.74) is 0. The number of carbonyl (C=O) groups excluding carboxylic acids is 2. The highest BCUT2D eigenvalue weighted by atomic mass is 16.4. The number of hydrogen-bond acceptors (Lipinski definition) is 3. The lowest BCUT2D eigenvalue weighted by Gasteiger charge is -2.11. The fourth-order valence-corrected chi connectivity index (χ4v) is 1.71. The van der Waals surface area contributed by atoms with E-state index in [1.807, 2.05) is 5.32 Å². The molecule has 3 N–H and O–H groups in total. The van der Waals surface area contributed by atoms with Crippen LogP contribution in [0, 0.1) is 5.92 Å². The Morgan fingerprint density at radius 3 is 2.67 bits per heavy atom. The first-order valence-corrected chi connectivity index (χ1v) is 4.83. The average molecular weight is 214 g/mol. The largest absolute Gasteiger partial charge is 0.465 e. The molecule has 0 heterocycles. The van der Waals surface area contributed by atoms with Crippen LogP contribution in [0.4, 0.5) is 4.79 Å². The molecular weight excluding hydrogens is 200 g/mol. The third-order valence-electron chi connectivity index (χ3n) is 2.43. The molecule has 6 nitrogen and oxygen atoms in total. The van der Waals surface area contributed by atoms with E-state index in [1.54, 1.807) is 0 Å². The third kappa shape index (κ3) is 3.97. The Morgan fingerprint density at radius 2 is 2.13 bits per heavy atom. The van der Waals surface area contributed by atoms with E-state index in [0.717, 1.165) is 19.1 Å². The van der Waals surface area contributed by atoms with E-state index in [2.05, 4.69) is 5.32 Å². The molecule has 0 aliphatic heterocycles. The lowest BCUT2D eigenvalue weighted by molar-refractivity contribution is -0.121. The Balaban J connectivity index is 2.21. The minimum atomic E-state index is -1.22. The zero-order chi connectivity index (χ0) is 11.3. The summed E-state index contributed by atoms with van der Waals surface area (Å²) in [6.45, 7) is -0.239. The van der Waals surface area contributed by atoms with E-state index in [4.69, 9.17) is 5.11 Å². The van der Waals surface area contributed by atoms with Gasteiger partial charge in [0, 0.05) is 12.0 Å². The minimum Gasteiger partial charge on any atom is -0.465 e. The maximum Gasteiger partial charge on any atom is 0.405 e. The van der Waals surface area contributed by atoms with Crippen LogP contribution in [-0.2, 0) is 9.59 Å². The smallest absolute Gasteiger partial charge is 0.405 e. The van der Waals surface area contributed by atoms with Crippen molar-refractivity contribution in [1.29, 1.82) is 0 Å². The Morgan fingerprint density at radius 1 is 1.40 bits per heavy atom. The zero-order valence-electron chi connectivity index (χ0n) is 8.23. The Kier molecular flexibility index (Phi) is 4.08. The Bertz CT molecular complexity index is 267. The summed E-state index contributed by atoms with van der Waals surface area (Å²) in [7, 11) is 0. The van der Waals surface area contributed by atoms with E-state index in [-0.39, 0.29) is 24.4 Å². The molecule has 2 unspecified atom stereocenters. The van der Waals surface area contributed by atoms with Crippen LogP contribution in [0.3, 0.4) is 0 Å². The highest BCUT2D eigenvalue weighted by Gasteiger charge is 2.25. The second-order valence-corrected chi connectivity index (χ2v) is 3.63. The van der Waals surface area contributed by atoms with Gasteiger partial charge in [0.1, 0.15) is 6.29 Å². The molecule has 0 aromatic rings. The number of carboxylic acid groups (broad SMARTS) is 1. The molecule has 0 radical (unpaired) electrons. The number of nitrogens with one attached hydrogen (secondary N) is 2. The molecule has 15 heavy (non-hydrogen) atoms. The monoisotopic (exact) mass is 214 g/mol. The first-order valence-electron chi connectivity index (χ1n) is 4.83. The SMILES string of the molecule is O=CC1CCC(NC(=O)CNC(=O)O)C1. The molecule has 0 aromatic carbocycles. The Hall–Kier alpha value is -1.59. The predicted octanol–water partition coefficient (Wildman–Crippen LogP) is -0.262. The molecular formula is C9H14N2O4. The molecule has 6 heteroatoms. The van der Waals surface area contributed by atoms with Crippen molar-refractivity contribution in [2.24, 2.45) is 5.92 Å². The van der Waals surface area contributed by atoms with Crippen molar-refractivity contribution >= 4 is 18.3 Å². The van der Waals surface area contributed by atoms with Crippen LogP contribution in [0.15, 0.2) is 0 Å². The van der Waals surface area contributed by atoms with Gasteiger partial charge in [-0.3, -0.25) is 4.79 Å². The van der Waals surface area contributed by atoms with Crippen LogP contribution in [-0.4, -0.2) is 36.0 Å². The number of rotatable bonds is 4. The van der Waals surface area contributed by atoms with Crippen LogP contribution in [0.2, 0.25) is 0 Å². The average Bonchev–Trinajstić information content (AvgIpc) is 2.62. The van der Waals surface area contributed by atoms with E-state index in [1.165, 1.54) is 0 Å². The Labute approximate surface area is 87.0 Å². The fraction of sp³-hybridized carbons (Fsp3) is 0.667. The van der Waals surface area contributed by atoms with Crippen molar-refractivity contribution in [2.75, 3.05) is 6.54 Å². The molecule has 1 aliphatic carbocycles. The first-order chi connectivity index (χ1) is 7.11. The molecule has 2 amide bonds. The van der Waals surface area contributed by atoms with Crippen LogP contribution in [0.1, 0.15) is 19.3 Å². The van der Waals surface area contributed by atoms with E-state index in [9.17, 15) is 14.4 Å². The van der Waals surface area contributed by atoms with Gasteiger partial charge in [0.05, 0.1) is 6.54 Å². The molecule has 1 saturated carbocycles. The maximum absolute atomic E-state index is 11.2. The summed E-state index contributed by atoms with van der Waals surface area (Å²) in [6.07, 6.45) is 1.91. The van der Waals surface area contributed by atoms with Crippen LogP contribution in [0.5, 0.6) is 0 Å². The molecule has 0 spiro atoms. The second kappa shape index (κ2) is 5.33. The molecule has 1 fully saturated rings. The van der Waals surface area contributed by atoms with Gasteiger partial charge >= 0.3 is 6.09 Å². The van der Waals surface area contributed by atoms with Gasteiger partial charge in [0.15, 0.2) is 0 Å². The van der Waals surface area contributed by atoms with Crippen LogP contribution < -0.4 is 10.6 Å². The zero-order valence-corrected chi connectivity index (χ0v) is 8.23. The van der Waals surface area contributed by atoms with Crippen molar-refractivity contribution in [1.82, 2.24) is 10.6 Å². The highest BCUT2D eigenvalue weighted by molar-refractivity contribution is 5.81. The van der Waals surface area contributed by atoms with E-state index >= 15 is 0 Å². The summed E-state index contributed by atoms with van der Waals surface area (Å²) < 4.78 is 0. The molecule has 0 saturated heterocycles. The van der Waals surface area contributed by atoms with Gasteiger partial charge in [-0.25, -0.2) is 4.79 Å².